The molecule has 0 bridgehead atoms. The number of ether oxygens (including phenoxy) is 1. The highest BCUT2D eigenvalue weighted by Gasteiger charge is 2.12. The lowest BCUT2D eigenvalue weighted by Crippen LogP contribution is -2.01. The maximum Gasteiger partial charge on any atom is 0.155 e. The van der Waals surface area contributed by atoms with E-state index in [1.54, 1.807) is 6.92 Å². The van der Waals surface area contributed by atoms with Crippen LogP contribution in [-0.4, -0.2) is 19.2 Å². The fraction of sp³-hybridized carbons (Fsp3) is 0.182. The monoisotopic (exact) mass is 203 g/mol. The molecule has 1 aromatic rings. The minimum absolute atomic E-state index is 0.0611. The first-order valence-corrected chi connectivity index (χ1v) is 4.38. The number of carbonyl (C=O) groups is 2. The van der Waals surface area contributed by atoms with Gasteiger partial charge in [0, 0.05) is 5.56 Å². The average Bonchev–Trinajstić information content (AvgIpc) is 2.28. The van der Waals surface area contributed by atoms with E-state index < -0.39 is 0 Å². The molecular formula is C11H9NO3. The number of rotatable bonds is 4. The van der Waals surface area contributed by atoms with Gasteiger partial charge < -0.3 is 4.74 Å². The molecule has 1 rings (SSSR count). The topological polar surface area (TPSA) is 67.2 Å². The largest absolute Gasteiger partial charge is 0.493 e. The van der Waals surface area contributed by atoms with Gasteiger partial charge in [-0.1, -0.05) is 0 Å². The van der Waals surface area contributed by atoms with E-state index in [1.165, 1.54) is 12.1 Å². The van der Waals surface area contributed by atoms with Crippen molar-refractivity contribution in [2.75, 3.05) is 6.61 Å². The van der Waals surface area contributed by atoms with Crippen molar-refractivity contribution >= 4 is 12.6 Å². The Morgan fingerprint density at radius 1 is 1.40 bits per heavy atom. The number of nitriles is 1. The van der Waals surface area contributed by atoms with Crippen molar-refractivity contribution in [2.45, 2.75) is 6.92 Å². The Morgan fingerprint density at radius 3 is 2.60 bits per heavy atom. The lowest BCUT2D eigenvalue weighted by atomic mass is 10.0. The molecule has 15 heavy (non-hydrogen) atoms. The van der Waals surface area contributed by atoms with E-state index in [9.17, 15) is 9.59 Å². The smallest absolute Gasteiger partial charge is 0.155 e. The number of hydrogen-bond donors (Lipinski definition) is 0. The van der Waals surface area contributed by atoms with Crippen molar-refractivity contribution in [3.8, 4) is 11.8 Å². The van der Waals surface area contributed by atoms with Gasteiger partial charge in [-0.05, 0) is 19.1 Å². The summed E-state index contributed by atoms with van der Waals surface area (Å²) < 4.78 is 5.17. The molecule has 4 nitrogen and oxygen atoms in total. The molecule has 1 aromatic carbocycles. The SMILES string of the molecule is CCOc1ccc(C=O)c(C#N)c1C=O. The Morgan fingerprint density at radius 2 is 2.13 bits per heavy atom. The van der Waals surface area contributed by atoms with E-state index >= 15 is 0 Å². The summed E-state index contributed by atoms with van der Waals surface area (Å²) in [6.07, 6.45) is 1.07. The van der Waals surface area contributed by atoms with Crippen LogP contribution in [0.1, 0.15) is 33.2 Å². The predicted octanol–water partition coefficient (Wildman–Crippen LogP) is 1.58. The molecule has 0 saturated heterocycles. The zero-order valence-electron chi connectivity index (χ0n) is 8.19. The highest BCUT2D eigenvalue weighted by atomic mass is 16.5. The molecule has 4 heteroatoms. The molecule has 0 fully saturated rings. The molecule has 0 saturated carbocycles. The number of carbonyl (C=O) groups excluding carboxylic acids is 2. The van der Waals surface area contributed by atoms with Crippen LogP contribution in [0, 0.1) is 11.3 Å². The Hall–Kier alpha value is -2.15. The van der Waals surface area contributed by atoms with Gasteiger partial charge in [-0.2, -0.15) is 5.26 Å². The van der Waals surface area contributed by atoms with E-state index in [0.717, 1.165) is 0 Å². The summed E-state index contributed by atoms with van der Waals surface area (Å²) in [5.41, 5.74) is 0.387. The molecule has 0 N–H and O–H groups in total. The molecule has 0 heterocycles. The molecule has 0 atom stereocenters. The van der Waals surface area contributed by atoms with Crippen LogP contribution < -0.4 is 4.74 Å². The maximum atomic E-state index is 10.8. The van der Waals surface area contributed by atoms with Crippen LogP contribution in [-0.2, 0) is 0 Å². The van der Waals surface area contributed by atoms with Crippen molar-refractivity contribution in [1.82, 2.24) is 0 Å². The third kappa shape index (κ3) is 2.02. The molecule has 0 spiro atoms. The molecule has 0 radical (unpaired) electrons. The van der Waals surface area contributed by atoms with E-state index in [4.69, 9.17) is 10.00 Å². The van der Waals surface area contributed by atoms with E-state index in [-0.39, 0.29) is 16.7 Å². The normalized spacial score (nSPS) is 9.07. The Labute approximate surface area is 87.1 Å². The van der Waals surface area contributed by atoms with Gasteiger partial charge in [0.25, 0.3) is 0 Å². The molecule has 0 aliphatic heterocycles. The first-order chi connectivity index (χ1) is 7.28. The summed E-state index contributed by atoms with van der Waals surface area (Å²) in [4.78, 5) is 21.4. The highest BCUT2D eigenvalue weighted by Crippen LogP contribution is 2.22. The van der Waals surface area contributed by atoms with Gasteiger partial charge in [-0.25, -0.2) is 0 Å². The first kappa shape index (κ1) is 10.9. The lowest BCUT2D eigenvalue weighted by Gasteiger charge is -2.07. The number of hydrogen-bond acceptors (Lipinski definition) is 4. The number of benzene rings is 1. The maximum absolute atomic E-state index is 10.8. The van der Waals surface area contributed by atoms with Crippen molar-refractivity contribution in [3.05, 3.63) is 28.8 Å². The van der Waals surface area contributed by atoms with Crippen LogP contribution in [0.4, 0.5) is 0 Å². The van der Waals surface area contributed by atoms with Crippen molar-refractivity contribution in [3.63, 3.8) is 0 Å². The van der Waals surface area contributed by atoms with Gasteiger partial charge in [0.15, 0.2) is 12.6 Å². The van der Waals surface area contributed by atoms with Crippen LogP contribution in [0.3, 0.4) is 0 Å². The standard InChI is InChI=1S/C11H9NO3/c1-2-15-11-4-3-8(6-13)9(5-12)10(11)7-14/h3-4,6-7H,2H2,1H3. The predicted molar refractivity (Wildman–Crippen MR) is 53.1 cm³/mol. The number of aldehydes is 2. The van der Waals surface area contributed by atoms with Crippen LogP contribution >= 0.6 is 0 Å². The third-order valence-corrected chi connectivity index (χ3v) is 1.89. The van der Waals surface area contributed by atoms with Crippen LogP contribution in [0.25, 0.3) is 0 Å². The van der Waals surface area contributed by atoms with Crippen LogP contribution in [0.15, 0.2) is 12.1 Å². The Kier molecular flexibility index (Phi) is 3.58. The summed E-state index contributed by atoms with van der Waals surface area (Å²) in [5.74, 6) is 0.328. The summed E-state index contributed by atoms with van der Waals surface area (Å²) in [7, 11) is 0. The molecule has 0 unspecified atom stereocenters. The van der Waals surface area contributed by atoms with Crippen molar-refractivity contribution in [2.24, 2.45) is 0 Å². The van der Waals surface area contributed by atoms with E-state index in [1.807, 2.05) is 6.07 Å². The van der Waals surface area contributed by atoms with Crippen LogP contribution in [0.2, 0.25) is 0 Å². The summed E-state index contributed by atoms with van der Waals surface area (Å²) in [6.45, 7) is 2.17. The van der Waals surface area contributed by atoms with Gasteiger partial charge in [-0.15, -0.1) is 0 Å². The highest BCUT2D eigenvalue weighted by molar-refractivity contribution is 5.90. The van der Waals surface area contributed by atoms with Gasteiger partial charge in [0.2, 0.25) is 0 Å². The molecule has 0 aliphatic carbocycles. The summed E-state index contributed by atoms with van der Waals surface area (Å²) in [6, 6.07) is 4.80. The fourth-order valence-electron chi connectivity index (χ4n) is 1.24. The first-order valence-electron chi connectivity index (χ1n) is 4.38. The van der Waals surface area contributed by atoms with E-state index in [0.29, 0.717) is 24.9 Å². The fourth-order valence-corrected chi connectivity index (χ4v) is 1.24. The molecule has 0 aliphatic rings. The van der Waals surface area contributed by atoms with E-state index in [2.05, 4.69) is 0 Å². The molecule has 0 aromatic heterocycles. The lowest BCUT2D eigenvalue weighted by molar-refractivity contribution is 0.111. The summed E-state index contributed by atoms with van der Waals surface area (Å²) in [5, 5.41) is 8.83. The van der Waals surface area contributed by atoms with Gasteiger partial charge >= 0.3 is 0 Å². The zero-order valence-corrected chi connectivity index (χ0v) is 8.19. The molecular weight excluding hydrogens is 194 g/mol. The quantitative estimate of drug-likeness (QED) is 0.697. The molecule has 0 amide bonds. The van der Waals surface area contributed by atoms with Crippen molar-refractivity contribution < 1.29 is 14.3 Å². The number of nitrogens with zero attached hydrogens (tertiary/aromatic N) is 1. The Bertz CT molecular complexity index is 432. The van der Waals surface area contributed by atoms with Gasteiger partial charge in [-0.3, -0.25) is 9.59 Å². The van der Waals surface area contributed by atoms with Crippen molar-refractivity contribution in [1.29, 1.82) is 5.26 Å². The van der Waals surface area contributed by atoms with Crippen LogP contribution in [0.5, 0.6) is 5.75 Å². The summed E-state index contributed by atoms with van der Waals surface area (Å²) >= 11 is 0. The van der Waals surface area contributed by atoms with Gasteiger partial charge in [0.05, 0.1) is 17.7 Å². The molecule has 76 valence electrons. The Balaban J connectivity index is 3.42. The second kappa shape index (κ2) is 4.91. The second-order valence-electron chi connectivity index (χ2n) is 2.72. The van der Waals surface area contributed by atoms with Gasteiger partial charge in [0.1, 0.15) is 11.8 Å². The second-order valence-corrected chi connectivity index (χ2v) is 2.72. The zero-order chi connectivity index (χ0) is 11.3. The minimum Gasteiger partial charge on any atom is -0.493 e. The minimum atomic E-state index is 0.0611. The third-order valence-electron chi connectivity index (χ3n) is 1.89. The average molecular weight is 203 g/mol.